The number of ether oxygens (including phenoxy) is 2. The fourth-order valence-corrected chi connectivity index (χ4v) is 1.70. The second kappa shape index (κ2) is 5.39. The van der Waals surface area contributed by atoms with E-state index in [-0.39, 0.29) is 6.42 Å². The van der Waals surface area contributed by atoms with Crippen molar-refractivity contribution in [3.63, 3.8) is 0 Å². The highest BCUT2D eigenvalue weighted by atomic mass is 16.5. The van der Waals surface area contributed by atoms with Crippen molar-refractivity contribution in [1.82, 2.24) is 0 Å². The third kappa shape index (κ3) is 2.66. The molecular weight excluding hydrogens is 208 g/mol. The molecule has 0 aliphatic rings. The van der Waals surface area contributed by atoms with Crippen molar-refractivity contribution in [3.8, 4) is 11.5 Å². The minimum Gasteiger partial charge on any atom is -0.497 e. The highest BCUT2D eigenvalue weighted by molar-refractivity contribution is 5.71. The second-order valence-electron chi connectivity index (χ2n) is 3.39. The van der Waals surface area contributed by atoms with E-state index in [0.29, 0.717) is 11.5 Å². The van der Waals surface area contributed by atoms with Gasteiger partial charge in [0.15, 0.2) is 0 Å². The predicted octanol–water partition coefficient (Wildman–Crippen LogP) is 1.89. The van der Waals surface area contributed by atoms with Crippen molar-refractivity contribution in [2.75, 3.05) is 14.2 Å². The second-order valence-corrected chi connectivity index (χ2v) is 3.39. The molecule has 0 atom stereocenters. The van der Waals surface area contributed by atoms with Gasteiger partial charge in [-0.2, -0.15) is 0 Å². The summed E-state index contributed by atoms with van der Waals surface area (Å²) < 4.78 is 10.3. The Hall–Kier alpha value is -1.71. The lowest BCUT2D eigenvalue weighted by atomic mass is 10.0. The Morgan fingerprint density at radius 3 is 2.44 bits per heavy atom. The van der Waals surface area contributed by atoms with Crippen LogP contribution < -0.4 is 9.47 Å². The fraction of sp³-hybridized carbons (Fsp3) is 0.417. The van der Waals surface area contributed by atoms with Crippen LogP contribution in [0.4, 0.5) is 0 Å². The monoisotopic (exact) mass is 224 g/mol. The number of methoxy groups -OCH3 is 2. The van der Waals surface area contributed by atoms with Crippen LogP contribution in [0.15, 0.2) is 12.1 Å². The van der Waals surface area contributed by atoms with Gasteiger partial charge in [0.25, 0.3) is 0 Å². The van der Waals surface area contributed by atoms with E-state index in [0.717, 1.165) is 17.5 Å². The number of benzene rings is 1. The zero-order valence-corrected chi connectivity index (χ0v) is 9.74. The third-order valence-electron chi connectivity index (χ3n) is 2.43. The molecule has 16 heavy (non-hydrogen) atoms. The summed E-state index contributed by atoms with van der Waals surface area (Å²) in [5.41, 5.74) is 1.66. The van der Waals surface area contributed by atoms with E-state index in [2.05, 4.69) is 0 Å². The van der Waals surface area contributed by atoms with Gasteiger partial charge in [-0.3, -0.25) is 4.79 Å². The van der Waals surface area contributed by atoms with Gasteiger partial charge in [0.05, 0.1) is 20.6 Å². The molecule has 0 radical (unpaired) electrons. The fourth-order valence-electron chi connectivity index (χ4n) is 1.70. The average Bonchev–Trinajstić information content (AvgIpc) is 2.27. The van der Waals surface area contributed by atoms with Crippen molar-refractivity contribution in [3.05, 3.63) is 23.3 Å². The summed E-state index contributed by atoms with van der Waals surface area (Å²) in [4.78, 5) is 10.8. The SMILES string of the molecule is CCc1c(CC(=O)O)cc(OC)cc1OC. The molecule has 0 spiro atoms. The number of carbonyl (C=O) groups is 1. The zero-order chi connectivity index (χ0) is 12.1. The summed E-state index contributed by atoms with van der Waals surface area (Å²) in [5.74, 6) is 0.438. The van der Waals surface area contributed by atoms with Crippen LogP contribution in [-0.2, 0) is 17.6 Å². The summed E-state index contributed by atoms with van der Waals surface area (Å²) >= 11 is 0. The Kier molecular flexibility index (Phi) is 4.17. The summed E-state index contributed by atoms with van der Waals surface area (Å²) in [6, 6.07) is 3.51. The molecule has 0 aromatic heterocycles. The van der Waals surface area contributed by atoms with Gasteiger partial charge in [-0.15, -0.1) is 0 Å². The smallest absolute Gasteiger partial charge is 0.307 e. The minimum atomic E-state index is -0.856. The van der Waals surface area contributed by atoms with Crippen LogP contribution in [0.1, 0.15) is 18.1 Å². The number of aliphatic carboxylic acids is 1. The van der Waals surface area contributed by atoms with Crippen LogP contribution in [0.25, 0.3) is 0 Å². The molecule has 88 valence electrons. The maximum Gasteiger partial charge on any atom is 0.307 e. The van der Waals surface area contributed by atoms with E-state index >= 15 is 0 Å². The minimum absolute atomic E-state index is 0.0171. The van der Waals surface area contributed by atoms with E-state index in [4.69, 9.17) is 14.6 Å². The van der Waals surface area contributed by atoms with Crippen molar-refractivity contribution in [2.45, 2.75) is 19.8 Å². The molecule has 1 N–H and O–H groups in total. The standard InChI is InChI=1S/C12H16O4/c1-4-10-8(6-12(13)14)5-9(15-2)7-11(10)16-3/h5,7H,4,6H2,1-3H3,(H,13,14). The quantitative estimate of drug-likeness (QED) is 0.829. The first-order chi connectivity index (χ1) is 7.62. The lowest BCUT2D eigenvalue weighted by molar-refractivity contribution is -0.136. The molecule has 0 aliphatic carbocycles. The third-order valence-corrected chi connectivity index (χ3v) is 2.43. The van der Waals surface area contributed by atoms with Crippen molar-refractivity contribution >= 4 is 5.97 Å². The van der Waals surface area contributed by atoms with Crippen LogP contribution in [0.5, 0.6) is 11.5 Å². The Morgan fingerprint density at radius 1 is 1.31 bits per heavy atom. The molecule has 0 bridgehead atoms. The highest BCUT2D eigenvalue weighted by Gasteiger charge is 2.13. The van der Waals surface area contributed by atoms with Crippen molar-refractivity contribution in [1.29, 1.82) is 0 Å². The van der Waals surface area contributed by atoms with Crippen LogP contribution in [0.2, 0.25) is 0 Å². The predicted molar refractivity (Wildman–Crippen MR) is 60.3 cm³/mol. The van der Waals surface area contributed by atoms with Gasteiger partial charge in [0.2, 0.25) is 0 Å². The van der Waals surface area contributed by atoms with Gasteiger partial charge in [-0.05, 0) is 23.6 Å². The number of carboxylic acids is 1. The van der Waals surface area contributed by atoms with Crippen LogP contribution >= 0.6 is 0 Å². The molecule has 0 fully saturated rings. The summed E-state index contributed by atoms with van der Waals surface area (Å²) in [7, 11) is 3.11. The van der Waals surface area contributed by atoms with E-state index in [1.54, 1.807) is 26.4 Å². The lowest BCUT2D eigenvalue weighted by Gasteiger charge is -2.13. The first-order valence-electron chi connectivity index (χ1n) is 5.07. The number of carboxylic acid groups (broad SMARTS) is 1. The van der Waals surface area contributed by atoms with Gasteiger partial charge in [0, 0.05) is 6.07 Å². The van der Waals surface area contributed by atoms with Gasteiger partial charge in [-0.25, -0.2) is 0 Å². The summed E-state index contributed by atoms with van der Waals surface area (Å²) in [6.45, 7) is 1.97. The molecule has 0 saturated heterocycles. The topological polar surface area (TPSA) is 55.8 Å². The van der Waals surface area contributed by atoms with Gasteiger partial charge >= 0.3 is 5.97 Å². The Bertz CT molecular complexity index is 385. The first kappa shape index (κ1) is 12.4. The lowest BCUT2D eigenvalue weighted by Crippen LogP contribution is -2.05. The van der Waals surface area contributed by atoms with Gasteiger partial charge < -0.3 is 14.6 Å². The van der Waals surface area contributed by atoms with Crippen molar-refractivity contribution < 1.29 is 19.4 Å². The molecule has 0 unspecified atom stereocenters. The average molecular weight is 224 g/mol. The maximum absolute atomic E-state index is 10.8. The molecule has 4 heteroatoms. The number of hydrogen-bond acceptors (Lipinski definition) is 3. The molecule has 4 nitrogen and oxygen atoms in total. The van der Waals surface area contributed by atoms with Crippen LogP contribution in [-0.4, -0.2) is 25.3 Å². The zero-order valence-electron chi connectivity index (χ0n) is 9.74. The molecule has 0 aliphatic heterocycles. The molecule has 1 rings (SSSR count). The molecular formula is C12H16O4. The van der Waals surface area contributed by atoms with Gasteiger partial charge in [-0.1, -0.05) is 6.92 Å². The summed E-state index contributed by atoms with van der Waals surface area (Å²) in [6.07, 6.45) is 0.715. The molecule has 1 aromatic carbocycles. The van der Waals surface area contributed by atoms with Crippen LogP contribution in [0.3, 0.4) is 0 Å². The number of hydrogen-bond donors (Lipinski definition) is 1. The Morgan fingerprint density at radius 2 is 2.00 bits per heavy atom. The van der Waals surface area contributed by atoms with Gasteiger partial charge in [0.1, 0.15) is 11.5 Å². The van der Waals surface area contributed by atoms with Crippen LogP contribution in [0, 0.1) is 0 Å². The molecule has 0 heterocycles. The Labute approximate surface area is 94.8 Å². The van der Waals surface area contributed by atoms with Crippen molar-refractivity contribution in [2.24, 2.45) is 0 Å². The normalized spacial score (nSPS) is 9.94. The largest absolute Gasteiger partial charge is 0.497 e. The maximum atomic E-state index is 10.8. The van der Waals surface area contributed by atoms with E-state index in [1.165, 1.54) is 0 Å². The van der Waals surface area contributed by atoms with E-state index < -0.39 is 5.97 Å². The molecule has 0 amide bonds. The van der Waals surface area contributed by atoms with E-state index in [1.807, 2.05) is 6.92 Å². The highest BCUT2D eigenvalue weighted by Crippen LogP contribution is 2.29. The molecule has 1 aromatic rings. The Balaban J connectivity index is 3.25. The summed E-state index contributed by atoms with van der Waals surface area (Å²) in [5, 5.41) is 8.83. The number of rotatable bonds is 5. The van der Waals surface area contributed by atoms with E-state index in [9.17, 15) is 4.79 Å². The molecule has 0 saturated carbocycles. The first-order valence-corrected chi connectivity index (χ1v) is 5.07.